The fourth-order valence-electron chi connectivity index (χ4n) is 1.49. The predicted molar refractivity (Wildman–Crippen MR) is 100 cm³/mol. The Bertz CT molecular complexity index is 587. The summed E-state index contributed by atoms with van der Waals surface area (Å²) in [7, 11) is 1.38. The number of carbonyl (C=O) groups is 1. The summed E-state index contributed by atoms with van der Waals surface area (Å²) in [5.41, 5.74) is 4.15. The van der Waals surface area contributed by atoms with Gasteiger partial charge in [0.2, 0.25) is 0 Å². The molecule has 0 aromatic heterocycles. The molecule has 0 rings (SSSR count). The second kappa shape index (κ2) is 12.2. The van der Waals surface area contributed by atoms with Gasteiger partial charge in [0, 0.05) is 5.57 Å². The summed E-state index contributed by atoms with van der Waals surface area (Å²) >= 11 is 0. The van der Waals surface area contributed by atoms with Crippen LogP contribution in [0.2, 0.25) is 0 Å². The maximum Gasteiger partial charge on any atom is 0.333 e. The minimum Gasteiger partial charge on any atom is -0.466 e. The van der Waals surface area contributed by atoms with E-state index in [0.717, 1.165) is 5.57 Å². The molecule has 0 saturated heterocycles. The maximum atomic E-state index is 11.2. The summed E-state index contributed by atoms with van der Waals surface area (Å²) in [6.07, 6.45) is 19.8. The summed E-state index contributed by atoms with van der Waals surface area (Å²) in [5.74, 6) is -0.307. The number of allylic oxidation sites excluding steroid dienone is 13. The highest BCUT2D eigenvalue weighted by molar-refractivity contribution is 5.87. The first kappa shape index (κ1) is 20.7. The molecule has 0 aromatic carbocycles. The van der Waals surface area contributed by atoms with E-state index in [4.69, 9.17) is 0 Å². The molecule has 2 nitrogen and oxygen atoms in total. The first-order valence-electron chi connectivity index (χ1n) is 7.63. The molecule has 0 amide bonds. The van der Waals surface area contributed by atoms with E-state index in [1.54, 1.807) is 13.0 Å². The van der Waals surface area contributed by atoms with E-state index >= 15 is 0 Å². The Hall–Kier alpha value is -2.35. The number of carbonyl (C=O) groups excluding carboxylic acids is 1. The molecule has 0 heterocycles. The average molecular weight is 312 g/mol. The van der Waals surface area contributed by atoms with Crippen LogP contribution in [-0.2, 0) is 9.53 Å². The molecule has 0 aromatic rings. The van der Waals surface area contributed by atoms with Crippen molar-refractivity contribution in [1.82, 2.24) is 0 Å². The standard InChI is InChI=1S/C21H28O2/c1-17(2)11-9-14-18(3)12-7-8-13-19(4)15-10-16-20(5)21(22)23-6/h7-16H,1-6H3. The van der Waals surface area contributed by atoms with Crippen molar-refractivity contribution in [1.29, 1.82) is 0 Å². The van der Waals surface area contributed by atoms with Gasteiger partial charge in [0.1, 0.15) is 0 Å². The molecule has 124 valence electrons. The highest BCUT2D eigenvalue weighted by atomic mass is 16.5. The molecule has 0 N–H and O–H groups in total. The van der Waals surface area contributed by atoms with Gasteiger partial charge >= 0.3 is 5.97 Å². The number of ether oxygens (including phenoxy) is 1. The van der Waals surface area contributed by atoms with Crippen molar-refractivity contribution in [3.8, 4) is 0 Å². The van der Waals surface area contributed by atoms with Gasteiger partial charge in [0.05, 0.1) is 7.11 Å². The van der Waals surface area contributed by atoms with E-state index < -0.39 is 0 Å². The lowest BCUT2D eigenvalue weighted by Crippen LogP contribution is -2.00. The number of hydrogen-bond donors (Lipinski definition) is 0. The Morgan fingerprint density at radius 3 is 1.61 bits per heavy atom. The quantitative estimate of drug-likeness (QED) is 0.346. The van der Waals surface area contributed by atoms with E-state index in [0.29, 0.717) is 5.57 Å². The van der Waals surface area contributed by atoms with Crippen molar-refractivity contribution < 1.29 is 9.53 Å². The maximum absolute atomic E-state index is 11.2. The molecule has 0 aliphatic carbocycles. The van der Waals surface area contributed by atoms with Gasteiger partial charge in [-0.25, -0.2) is 4.79 Å². The summed E-state index contributed by atoms with van der Waals surface area (Å²) in [4.78, 5) is 11.2. The highest BCUT2D eigenvalue weighted by Crippen LogP contribution is 2.01. The summed E-state index contributed by atoms with van der Waals surface area (Å²) in [6, 6.07) is 0. The molecule has 0 spiro atoms. The van der Waals surface area contributed by atoms with Crippen LogP contribution in [0.3, 0.4) is 0 Å². The lowest BCUT2D eigenvalue weighted by atomic mass is 10.2. The van der Waals surface area contributed by atoms with Crippen LogP contribution < -0.4 is 0 Å². The monoisotopic (exact) mass is 312 g/mol. The number of esters is 1. The first-order chi connectivity index (χ1) is 10.9. The van der Waals surface area contributed by atoms with Gasteiger partial charge in [-0.1, -0.05) is 77.5 Å². The minimum atomic E-state index is -0.307. The van der Waals surface area contributed by atoms with E-state index in [1.165, 1.54) is 18.3 Å². The molecule has 0 aliphatic heterocycles. The highest BCUT2D eigenvalue weighted by Gasteiger charge is 1.99. The second-order valence-corrected chi connectivity index (χ2v) is 5.51. The molecular weight excluding hydrogens is 284 g/mol. The van der Waals surface area contributed by atoms with Gasteiger partial charge in [0.25, 0.3) is 0 Å². The van der Waals surface area contributed by atoms with Crippen LogP contribution in [-0.4, -0.2) is 13.1 Å². The van der Waals surface area contributed by atoms with Gasteiger partial charge < -0.3 is 4.74 Å². The average Bonchev–Trinajstić information content (AvgIpc) is 2.50. The third-order valence-electron chi connectivity index (χ3n) is 2.83. The van der Waals surface area contributed by atoms with Crippen LogP contribution in [0.5, 0.6) is 0 Å². The Balaban J connectivity index is 4.57. The SMILES string of the molecule is COC(=O)C(C)=CC=CC(C)=CC=CC=C(C)C=CC=C(C)C. The molecule has 0 fully saturated rings. The lowest BCUT2D eigenvalue weighted by molar-refractivity contribution is -0.136. The van der Waals surface area contributed by atoms with E-state index in [2.05, 4.69) is 49.8 Å². The second-order valence-electron chi connectivity index (χ2n) is 5.51. The Labute approximate surface area is 140 Å². The molecule has 0 unspecified atom stereocenters. The molecule has 0 bridgehead atoms. The smallest absolute Gasteiger partial charge is 0.333 e. The van der Waals surface area contributed by atoms with Gasteiger partial charge in [-0.3, -0.25) is 0 Å². The summed E-state index contributed by atoms with van der Waals surface area (Å²) in [6.45, 7) is 9.95. The minimum absolute atomic E-state index is 0.307. The third kappa shape index (κ3) is 11.9. The van der Waals surface area contributed by atoms with E-state index in [-0.39, 0.29) is 5.97 Å². The van der Waals surface area contributed by atoms with Crippen molar-refractivity contribution in [3.63, 3.8) is 0 Å². The fourth-order valence-corrected chi connectivity index (χ4v) is 1.49. The summed E-state index contributed by atoms with van der Waals surface area (Å²) in [5, 5.41) is 0. The van der Waals surface area contributed by atoms with Crippen LogP contribution in [0.25, 0.3) is 0 Å². The van der Waals surface area contributed by atoms with Crippen LogP contribution in [0, 0.1) is 0 Å². The van der Waals surface area contributed by atoms with Crippen LogP contribution >= 0.6 is 0 Å². The van der Waals surface area contributed by atoms with Gasteiger partial charge in [0.15, 0.2) is 0 Å². The van der Waals surface area contributed by atoms with Crippen LogP contribution in [0.15, 0.2) is 83.1 Å². The van der Waals surface area contributed by atoms with Crippen LogP contribution in [0.1, 0.15) is 34.6 Å². The topological polar surface area (TPSA) is 26.3 Å². The fraction of sp³-hybridized carbons (Fsp3) is 0.286. The summed E-state index contributed by atoms with van der Waals surface area (Å²) < 4.78 is 4.63. The zero-order valence-electron chi connectivity index (χ0n) is 15.1. The van der Waals surface area contributed by atoms with Crippen molar-refractivity contribution in [2.45, 2.75) is 34.6 Å². The predicted octanol–water partition coefficient (Wildman–Crippen LogP) is 5.63. The number of methoxy groups -OCH3 is 1. The largest absolute Gasteiger partial charge is 0.466 e. The van der Waals surface area contributed by atoms with Gasteiger partial charge in [-0.15, -0.1) is 0 Å². The Morgan fingerprint density at radius 1 is 0.696 bits per heavy atom. The van der Waals surface area contributed by atoms with Gasteiger partial charge in [-0.05, 0) is 34.6 Å². The van der Waals surface area contributed by atoms with Crippen molar-refractivity contribution >= 4 is 5.97 Å². The Morgan fingerprint density at radius 2 is 1.17 bits per heavy atom. The van der Waals surface area contributed by atoms with Crippen LogP contribution in [0.4, 0.5) is 0 Å². The number of hydrogen-bond acceptors (Lipinski definition) is 2. The third-order valence-corrected chi connectivity index (χ3v) is 2.83. The van der Waals surface area contributed by atoms with E-state index in [9.17, 15) is 4.79 Å². The van der Waals surface area contributed by atoms with Crippen molar-refractivity contribution in [2.24, 2.45) is 0 Å². The molecule has 0 radical (unpaired) electrons. The molecule has 0 aliphatic rings. The van der Waals surface area contributed by atoms with Gasteiger partial charge in [-0.2, -0.15) is 0 Å². The lowest BCUT2D eigenvalue weighted by Gasteiger charge is -1.95. The van der Waals surface area contributed by atoms with Crippen molar-refractivity contribution in [3.05, 3.63) is 83.1 Å². The number of rotatable bonds is 7. The molecule has 0 saturated carbocycles. The molecule has 0 atom stereocenters. The molecule has 2 heteroatoms. The van der Waals surface area contributed by atoms with Crippen molar-refractivity contribution in [2.75, 3.05) is 7.11 Å². The normalized spacial score (nSPS) is 14.1. The van der Waals surface area contributed by atoms with E-state index in [1.807, 2.05) is 37.3 Å². The Kier molecular flexibility index (Phi) is 11.0. The first-order valence-corrected chi connectivity index (χ1v) is 7.63. The molecule has 23 heavy (non-hydrogen) atoms. The zero-order valence-corrected chi connectivity index (χ0v) is 15.1. The molecular formula is C21H28O2. The zero-order chi connectivity index (χ0) is 17.7.